The zero-order valence-electron chi connectivity index (χ0n) is 17.1. The maximum absolute atomic E-state index is 11.3. The third-order valence-electron chi connectivity index (χ3n) is 5.52. The summed E-state index contributed by atoms with van der Waals surface area (Å²) < 4.78 is 5.79. The maximum Gasteiger partial charge on any atom is 0.337 e. The molecule has 1 aromatic heterocycles. The Labute approximate surface area is 195 Å². The molecule has 0 amide bonds. The Kier molecular flexibility index (Phi) is 6.96. The number of fused-ring (bicyclic) bond motifs is 1. The summed E-state index contributed by atoms with van der Waals surface area (Å²) in [5.74, 6) is -0.391. The molecule has 166 valence electrons. The van der Waals surface area contributed by atoms with Gasteiger partial charge in [-0.3, -0.25) is 0 Å². The summed E-state index contributed by atoms with van der Waals surface area (Å²) in [6.45, 7) is 0.434. The van der Waals surface area contributed by atoms with Crippen LogP contribution in [0.4, 0.5) is 0 Å². The summed E-state index contributed by atoms with van der Waals surface area (Å²) in [4.78, 5) is 15.3. The molecule has 1 aliphatic rings. The summed E-state index contributed by atoms with van der Waals surface area (Å²) in [5, 5.41) is 23.8. The molecule has 2 atom stereocenters. The van der Waals surface area contributed by atoms with E-state index in [1.54, 1.807) is 12.1 Å². The minimum absolute atomic E-state index is 0.0582. The van der Waals surface area contributed by atoms with Gasteiger partial charge in [0.25, 0.3) is 0 Å². The van der Waals surface area contributed by atoms with Crippen molar-refractivity contribution in [2.45, 2.75) is 31.4 Å². The summed E-state index contributed by atoms with van der Waals surface area (Å²) in [6, 6.07) is 14.6. The van der Waals surface area contributed by atoms with E-state index in [-0.39, 0.29) is 22.5 Å². The number of carboxylic acid groups (broad SMARTS) is 1. The van der Waals surface area contributed by atoms with Gasteiger partial charge in [-0.25, -0.2) is 9.78 Å². The number of aliphatic hydroxyl groups excluding tert-OH is 1. The number of aromatic nitrogens is 1. The number of hydrogen-bond acceptors (Lipinski definition) is 5. The van der Waals surface area contributed by atoms with Crippen LogP contribution in [0, 0.1) is 0 Å². The quantitative estimate of drug-likeness (QED) is 0.445. The normalized spacial score (nSPS) is 16.3. The second-order valence-electron chi connectivity index (χ2n) is 7.76. The number of halogens is 2. The number of aromatic carboxylic acids is 1. The van der Waals surface area contributed by atoms with Crippen molar-refractivity contribution in [1.29, 1.82) is 0 Å². The van der Waals surface area contributed by atoms with Gasteiger partial charge in [0.1, 0.15) is 5.75 Å². The fourth-order valence-corrected chi connectivity index (χ4v) is 4.22. The molecular formula is C24H22Cl2N2O4. The van der Waals surface area contributed by atoms with Crippen LogP contribution in [0.3, 0.4) is 0 Å². The van der Waals surface area contributed by atoms with E-state index in [4.69, 9.17) is 27.9 Å². The van der Waals surface area contributed by atoms with Crippen molar-refractivity contribution in [2.24, 2.45) is 0 Å². The van der Waals surface area contributed by atoms with Gasteiger partial charge in [0.15, 0.2) is 0 Å². The molecule has 3 N–H and O–H groups in total. The molecule has 0 saturated heterocycles. The summed E-state index contributed by atoms with van der Waals surface area (Å²) in [7, 11) is 0. The highest BCUT2D eigenvalue weighted by Gasteiger charge is 2.20. The molecule has 0 aliphatic heterocycles. The Bertz CT molecular complexity index is 1140. The first-order valence-corrected chi connectivity index (χ1v) is 11.0. The van der Waals surface area contributed by atoms with Crippen LogP contribution in [0.15, 0.2) is 54.7 Å². The minimum atomic E-state index is -1.14. The van der Waals surface area contributed by atoms with Crippen LogP contribution in [0.5, 0.6) is 11.6 Å². The molecule has 0 saturated carbocycles. The first kappa shape index (κ1) is 22.6. The molecule has 0 unspecified atom stereocenters. The smallest absolute Gasteiger partial charge is 0.337 e. The largest absolute Gasteiger partial charge is 0.478 e. The van der Waals surface area contributed by atoms with Crippen LogP contribution in [0.2, 0.25) is 10.0 Å². The van der Waals surface area contributed by atoms with Gasteiger partial charge in [0.2, 0.25) is 5.88 Å². The summed E-state index contributed by atoms with van der Waals surface area (Å²) in [6.07, 6.45) is 3.32. The minimum Gasteiger partial charge on any atom is -0.478 e. The van der Waals surface area contributed by atoms with E-state index in [0.717, 1.165) is 30.4 Å². The van der Waals surface area contributed by atoms with Crippen LogP contribution in [-0.4, -0.2) is 33.8 Å². The number of rotatable bonds is 7. The van der Waals surface area contributed by atoms with Crippen molar-refractivity contribution < 1.29 is 19.7 Å². The first-order chi connectivity index (χ1) is 15.4. The number of hydrogen-bond donors (Lipinski definition) is 3. The molecule has 0 bridgehead atoms. The van der Waals surface area contributed by atoms with Crippen molar-refractivity contribution in [1.82, 2.24) is 10.3 Å². The highest BCUT2D eigenvalue weighted by atomic mass is 35.5. The predicted octanol–water partition coefficient (Wildman–Crippen LogP) is 5.06. The average molecular weight is 473 g/mol. The van der Waals surface area contributed by atoms with Gasteiger partial charge in [0, 0.05) is 23.7 Å². The van der Waals surface area contributed by atoms with E-state index in [1.165, 1.54) is 17.8 Å². The number of ether oxygens (including phenoxy) is 1. The van der Waals surface area contributed by atoms with Gasteiger partial charge in [-0.05, 0) is 60.2 Å². The highest BCUT2D eigenvalue weighted by Crippen LogP contribution is 2.29. The number of pyridine rings is 1. The monoisotopic (exact) mass is 472 g/mol. The van der Waals surface area contributed by atoms with Crippen molar-refractivity contribution in [3.05, 3.63) is 87.0 Å². The number of nitrogens with zero attached hydrogens (tertiary/aromatic N) is 1. The lowest BCUT2D eigenvalue weighted by Gasteiger charge is -2.27. The van der Waals surface area contributed by atoms with Gasteiger partial charge >= 0.3 is 5.97 Å². The fraction of sp³-hybridized carbons (Fsp3) is 0.250. The van der Waals surface area contributed by atoms with E-state index in [2.05, 4.69) is 10.3 Å². The Morgan fingerprint density at radius 2 is 2.03 bits per heavy atom. The van der Waals surface area contributed by atoms with Gasteiger partial charge in [-0.2, -0.15) is 0 Å². The molecule has 1 heterocycles. The SMILES string of the molecule is O=C(O)c1cc(Oc2ccc3c(c2)C[C@@H](NC[C@@H](O)c2cccc(Cl)c2)CC3)ncc1Cl. The third-order valence-corrected chi connectivity index (χ3v) is 6.06. The molecule has 3 aromatic rings. The van der Waals surface area contributed by atoms with Gasteiger partial charge < -0.3 is 20.3 Å². The van der Waals surface area contributed by atoms with E-state index >= 15 is 0 Å². The molecule has 4 rings (SSSR count). The first-order valence-electron chi connectivity index (χ1n) is 10.2. The number of carboxylic acids is 1. The Morgan fingerprint density at radius 1 is 1.19 bits per heavy atom. The summed E-state index contributed by atoms with van der Waals surface area (Å²) >= 11 is 11.9. The molecule has 8 heteroatoms. The second-order valence-corrected chi connectivity index (χ2v) is 8.60. The fourth-order valence-electron chi connectivity index (χ4n) is 3.84. The van der Waals surface area contributed by atoms with Crippen molar-refractivity contribution >= 4 is 29.2 Å². The van der Waals surface area contributed by atoms with Gasteiger partial charge in [-0.1, -0.05) is 41.4 Å². The van der Waals surface area contributed by atoms with Crippen molar-refractivity contribution in [3.63, 3.8) is 0 Å². The number of aryl methyl sites for hydroxylation is 1. The predicted molar refractivity (Wildman–Crippen MR) is 123 cm³/mol. The van der Waals surface area contributed by atoms with Crippen LogP contribution in [-0.2, 0) is 12.8 Å². The molecule has 1 aliphatic carbocycles. The van der Waals surface area contributed by atoms with E-state index in [0.29, 0.717) is 17.3 Å². The zero-order valence-corrected chi connectivity index (χ0v) is 18.6. The standard InChI is InChI=1S/C24H22Cl2N2O4/c25-17-3-1-2-15(8-17)22(29)13-27-18-6-4-14-5-7-19(10-16(14)9-18)32-23-11-20(24(30)31)21(26)12-28-23/h1-3,5,7-8,10-12,18,22,27,29H,4,6,9,13H2,(H,30,31)/t18-,22+/m0/s1. The van der Waals surface area contributed by atoms with Crippen LogP contribution < -0.4 is 10.1 Å². The highest BCUT2D eigenvalue weighted by molar-refractivity contribution is 6.33. The van der Waals surface area contributed by atoms with Gasteiger partial charge in [0.05, 0.1) is 22.9 Å². The van der Waals surface area contributed by atoms with Crippen LogP contribution in [0.25, 0.3) is 0 Å². The maximum atomic E-state index is 11.3. The molecular weight excluding hydrogens is 451 g/mol. The Hall–Kier alpha value is -2.64. The molecule has 32 heavy (non-hydrogen) atoms. The van der Waals surface area contributed by atoms with E-state index in [1.807, 2.05) is 30.3 Å². The van der Waals surface area contributed by atoms with E-state index < -0.39 is 12.1 Å². The average Bonchev–Trinajstić information content (AvgIpc) is 2.78. The van der Waals surface area contributed by atoms with E-state index in [9.17, 15) is 15.0 Å². The Morgan fingerprint density at radius 3 is 2.81 bits per heavy atom. The van der Waals surface area contributed by atoms with Crippen LogP contribution in [0.1, 0.15) is 39.6 Å². The lowest BCUT2D eigenvalue weighted by atomic mass is 9.88. The number of aliphatic hydroxyl groups is 1. The molecule has 6 nitrogen and oxygen atoms in total. The third kappa shape index (κ3) is 5.40. The lowest BCUT2D eigenvalue weighted by Crippen LogP contribution is -2.37. The Balaban J connectivity index is 1.41. The number of carbonyl (C=O) groups is 1. The molecule has 0 fully saturated rings. The summed E-state index contributed by atoms with van der Waals surface area (Å²) in [5.41, 5.74) is 3.13. The van der Waals surface area contributed by atoms with Crippen molar-refractivity contribution in [3.8, 4) is 11.6 Å². The molecule has 0 spiro atoms. The molecule has 2 aromatic carbocycles. The molecule has 0 radical (unpaired) electrons. The topological polar surface area (TPSA) is 91.7 Å². The van der Waals surface area contributed by atoms with Gasteiger partial charge in [-0.15, -0.1) is 0 Å². The number of nitrogens with one attached hydrogen (secondary N) is 1. The zero-order chi connectivity index (χ0) is 22.7. The number of benzene rings is 2. The lowest BCUT2D eigenvalue weighted by molar-refractivity contribution is 0.0696. The van der Waals surface area contributed by atoms with Crippen LogP contribution >= 0.6 is 23.2 Å². The van der Waals surface area contributed by atoms with Crippen molar-refractivity contribution in [2.75, 3.05) is 6.54 Å². The second kappa shape index (κ2) is 9.88.